The topological polar surface area (TPSA) is 296 Å². The lowest BCUT2D eigenvalue weighted by atomic mass is 10.2. The van der Waals surface area contributed by atoms with Crippen molar-refractivity contribution in [1.29, 1.82) is 0 Å². The van der Waals surface area contributed by atoms with Crippen LogP contribution in [0.4, 0.5) is 5.95 Å². The van der Waals surface area contributed by atoms with E-state index >= 15 is 0 Å². The summed E-state index contributed by atoms with van der Waals surface area (Å²) in [5.41, 5.74) is 4.48. The second-order valence-corrected chi connectivity index (χ2v) is 10.5. The van der Waals surface area contributed by atoms with E-state index in [1.54, 1.807) is 0 Å². The number of nitrogens with two attached hydrogens (primary N) is 1. The number of phosphoric acid groups is 3. The smallest absolute Gasteiger partial charge is 0.479 e. The Hall–Kier alpha value is -2.01. The summed E-state index contributed by atoms with van der Waals surface area (Å²) in [5, 5.41) is 9.32. The van der Waals surface area contributed by atoms with E-state index in [1.807, 2.05) is 0 Å². The largest absolute Gasteiger partial charge is 0.490 e. The van der Waals surface area contributed by atoms with Crippen molar-refractivity contribution in [3.8, 4) is 0 Å². The van der Waals surface area contributed by atoms with E-state index in [0.29, 0.717) is 0 Å². The van der Waals surface area contributed by atoms with Gasteiger partial charge in [0.25, 0.3) is 5.56 Å². The van der Waals surface area contributed by atoms with E-state index in [2.05, 4.69) is 28.1 Å². The van der Waals surface area contributed by atoms with Crippen LogP contribution in [0.2, 0.25) is 0 Å². The first kappa shape index (κ1) is 24.6. The summed E-state index contributed by atoms with van der Waals surface area (Å²) in [6.45, 7) is 0. The van der Waals surface area contributed by atoms with Crippen molar-refractivity contribution in [3.63, 3.8) is 0 Å². The number of carbonyl (C=O) groups is 1. The zero-order chi connectivity index (χ0) is 24.1. The Morgan fingerprint density at radius 2 is 1.88 bits per heavy atom. The zero-order valence-electron chi connectivity index (χ0n) is 15.2. The van der Waals surface area contributed by atoms with E-state index < -0.39 is 59.9 Å². The SMILES string of the molecule is Nc1nc2c(ncn2[C@H]2C[C@H](OP(=O)(O)OP(=O)(O)OP(=O)(O)O)[C@@H](C(=O)O)O2)c(=O)[nH]1. The summed E-state index contributed by atoms with van der Waals surface area (Å²) in [5.74, 6) is -1.97. The van der Waals surface area contributed by atoms with E-state index in [0.717, 1.165) is 10.9 Å². The maximum absolute atomic E-state index is 12.0. The molecule has 32 heavy (non-hydrogen) atoms. The van der Waals surface area contributed by atoms with Crippen molar-refractivity contribution in [2.75, 3.05) is 5.73 Å². The third kappa shape index (κ3) is 5.67. The monoisotopic (exact) mass is 521 g/mol. The van der Waals surface area contributed by atoms with Crippen LogP contribution in [0.1, 0.15) is 12.6 Å². The molecule has 0 bridgehead atoms. The molecule has 2 aromatic heterocycles. The molecule has 1 fully saturated rings. The molecule has 22 heteroatoms. The number of carboxylic acid groups (broad SMARTS) is 1. The Morgan fingerprint density at radius 3 is 2.47 bits per heavy atom. The van der Waals surface area contributed by atoms with Gasteiger partial charge >= 0.3 is 29.4 Å². The second kappa shape index (κ2) is 8.40. The van der Waals surface area contributed by atoms with Crippen LogP contribution in [-0.2, 0) is 36.4 Å². The van der Waals surface area contributed by atoms with Gasteiger partial charge in [0, 0.05) is 6.42 Å². The van der Waals surface area contributed by atoms with Crippen LogP contribution in [0.5, 0.6) is 0 Å². The van der Waals surface area contributed by atoms with Gasteiger partial charge in [-0.3, -0.25) is 18.9 Å². The van der Waals surface area contributed by atoms with Crippen molar-refractivity contribution in [1.82, 2.24) is 19.5 Å². The number of hydrogen-bond donors (Lipinski definition) is 7. The molecule has 0 spiro atoms. The zero-order valence-corrected chi connectivity index (χ0v) is 17.9. The van der Waals surface area contributed by atoms with Crippen molar-refractivity contribution in [2.45, 2.75) is 24.9 Å². The first-order valence-corrected chi connectivity index (χ1v) is 12.5. The van der Waals surface area contributed by atoms with Crippen LogP contribution in [0.15, 0.2) is 11.1 Å². The Morgan fingerprint density at radius 1 is 1.22 bits per heavy atom. The van der Waals surface area contributed by atoms with Crippen molar-refractivity contribution in [2.24, 2.45) is 0 Å². The maximum Gasteiger partial charge on any atom is 0.490 e. The molecule has 1 saturated heterocycles. The average Bonchev–Trinajstić information content (AvgIpc) is 3.14. The molecular formula is C10H14N5O14P3. The Balaban J connectivity index is 1.84. The van der Waals surface area contributed by atoms with Gasteiger partial charge in [-0.1, -0.05) is 0 Å². The van der Waals surface area contributed by atoms with Gasteiger partial charge in [0.1, 0.15) is 12.3 Å². The predicted molar refractivity (Wildman–Crippen MR) is 97.5 cm³/mol. The number of hydrogen-bond acceptors (Lipinski definition) is 12. The number of aliphatic carboxylic acids is 1. The summed E-state index contributed by atoms with van der Waals surface area (Å²) in [6.07, 6.45) is -4.43. The first-order valence-electron chi connectivity index (χ1n) is 8.00. The molecule has 3 heterocycles. The molecule has 0 aromatic carbocycles. The predicted octanol–water partition coefficient (Wildman–Crippen LogP) is -1.21. The highest BCUT2D eigenvalue weighted by atomic mass is 31.3. The lowest BCUT2D eigenvalue weighted by Crippen LogP contribution is -2.31. The lowest BCUT2D eigenvalue weighted by Gasteiger charge is -2.20. The van der Waals surface area contributed by atoms with Crippen molar-refractivity contribution in [3.05, 3.63) is 16.7 Å². The third-order valence-electron chi connectivity index (χ3n) is 3.76. The Bertz CT molecular complexity index is 1250. The highest BCUT2D eigenvalue weighted by molar-refractivity contribution is 7.66. The molecule has 2 unspecified atom stereocenters. The van der Waals surface area contributed by atoms with E-state index in [4.69, 9.17) is 20.3 Å². The van der Waals surface area contributed by atoms with E-state index in [-0.39, 0.29) is 17.1 Å². The molecular weight excluding hydrogens is 507 g/mol. The lowest BCUT2D eigenvalue weighted by molar-refractivity contribution is -0.154. The molecule has 0 saturated carbocycles. The molecule has 0 amide bonds. The molecule has 1 aliphatic heterocycles. The number of nitrogens with one attached hydrogen (secondary N) is 1. The highest BCUT2D eigenvalue weighted by Crippen LogP contribution is 2.67. The summed E-state index contributed by atoms with van der Waals surface area (Å²) in [4.78, 5) is 69.2. The number of imidazole rings is 1. The van der Waals surface area contributed by atoms with Crippen molar-refractivity contribution >= 4 is 46.5 Å². The van der Waals surface area contributed by atoms with Crippen LogP contribution in [0.25, 0.3) is 11.2 Å². The van der Waals surface area contributed by atoms with Gasteiger partial charge in [-0.2, -0.15) is 13.6 Å². The Kier molecular flexibility index (Phi) is 6.47. The molecule has 8 N–H and O–H groups in total. The molecule has 5 atom stereocenters. The minimum atomic E-state index is -5.81. The van der Waals surface area contributed by atoms with Gasteiger partial charge in [0.05, 0.1) is 6.33 Å². The summed E-state index contributed by atoms with van der Waals surface area (Å²) in [7, 11) is -17.1. The molecule has 178 valence electrons. The first-order chi connectivity index (χ1) is 14.6. The van der Waals surface area contributed by atoms with Gasteiger partial charge in [-0.05, 0) is 0 Å². The highest BCUT2D eigenvalue weighted by Gasteiger charge is 2.48. The van der Waals surface area contributed by atoms with Crippen molar-refractivity contribution < 1.29 is 61.1 Å². The van der Waals surface area contributed by atoms with Gasteiger partial charge in [0.2, 0.25) is 5.95 Å². The molecule has 1 aliphatic rings. The second-order valence-electron chi connectivity index (χ2n) is 6.10. The fraction of sp³-hybridized carbons (Fsp3) is 0.400. The van der Waals surface area contributed by atoms with Gasteiger partial charge in [-0.25, -0.2) is 23.5 Å². The third-order valence-corrected chi connectivity index (χ3v) is 7.63. The molecule has 19 nitrogen and oxygen atoms in total. The normalized spacial score (nSPS) is 25.4. The van der Waals surface area contributed by atoms with E-state index in [1.165, 1.54) is 0 Å². The Labute approximate surface area is 175 Å². The molecule has 3 rings (SSSR count). The van der Waals surface area contributed by atoms with Gasteiger partial charge in [0.15, 0.2) is 17.3 Å². The fourth-order valence-electron chi connectivity index (χ4n) is 2.75. The summed E-state index contributed by atoms with van der Waals surface area (Å²) < 4.78 is 52.3. The van der Waals surface area contributed by atoms with Crippen LogP contribution in [0.3, 0.4) is 0 Å². The number of phosphoric ester groups is 1. The van der Waals surface area contributed by atoms with Crippen LogP contribution < -0.4 is 11.3 Å². The minimum absolute atomic E-state index is 0.112. The quantitative estimate of drug-likeness (QED) is 0.200. The number of anilines is 1. The van der Waals surface area contributed by atoms with Gasteiger partial charge < -0.3 is 35.2 Å². The standard InChI is InChI=1S/C10H14N5O14P3/c11-10-13-7-5(8(16)14-10)12-2-15(7)4-1-3(6(26-4)9(17)18)27-31(22,23)29-32(24,25)28-30(19,20)21/h2-4,6H,1H2,(H,17,18)(H,22,23)(H,24,25)(H2,19,20,21)(H3,11,13,14,16)/t3-,4+,6-/m0/s1. The number of nitrogens with zero attached hydrogens (tertiary/aromatic N) is 3. The fourth-order valence-corrected chi connectivity index (χ4v) is 5.95. The molecule has 2 aromatic rings. The average molecular weight is 521 g/mol. The molecule has 0 aliphatic carbocycles. The maximum atomic E-state index is 12.0. The number of rotatable bonds is 8. The number of H-pyrrole nitrogens is 1. The number of aromatic amines is 1. The number of aromatic nitrogens is 4. The summed E-state index contributed by atoms with van der Waals surface area (Å²) >= 11 is 0. The van der Waals surface area contributed by atoms with E-state index in [9.17, 15) is 38.2 Å². The minimum Gasteiger partial charge on any atom is -0.479 e. The number of nitrogen functional groups attached to an aromatic ring is 1. The van der Waals surface area contributed by atoms with Crippen LogP contribution in [-0.4, -0.2) is 62.4 Å². The van der Waals surface area contributed by atoms with Crippen LogP contribution >= 0.6 is 23.5 Å². The number of ether oxygens (including phenoxy) is 1. The number of fused-ring (bicyclic) bond motifs is 1. The van der Waals surface area contributed by atoms with Gasteiger partial charge in [-0.15, -0.1) is 0 Å². The number of carboxylic acids is 1. The van der Waals surface area contributed by atoms with Crippen LogP contribution in [0, 0.1) is 0 Å². The molecule has 0 radical (unpaired) electrons. The summed E-state index contributed by atoms with van der Waals surface area (Å²) in [6, 6.07) is 0.